The van der Waals surface area contributed by atoms with E-state index in [0.717, 1.165) is 5.56 Å². The molecule has 1 amide bonds. The lowest BCUT2D eigenvalue weighted by Gasteiger charge is -2.17. The summed E-state index contributed by atoms with van der Waals surface area (Å²) < 4.78 is 0. The van der Waals surface area contributed by atoms with Gasteiger partial charge in [0.25, 0.3) is 5.91 Å². The number of aryl methyl sites for hydroxylation is 1. The summed E-state index contributed by atoms with van der Waals surface area (Å²) in [4.78, 5) is 13.4. The number of hydrogen-bond acceptors (Lipinski definition) is 2. The van der Waals surface area contributed by atoms with Gasteiger partial charge in [-0.1, -0.05) is 17.5 Å². The van der Waals surface area contributed by atoms with Crippen LogP contribution in [0.1, 0.15) is 15.9 Å². The summed E-state index contributed by atoms with van der Waals surface area (Å²) in [6.45, 7) is 1.89. The summed E-state index contributed by atoms with van der Waals surface area (Å²) in [7, 11) is 0. The van der Waals surface area contributed by atoms with Crippen LogP contribution in [0.4, 0.5) is 0 Å². The fourth-order valence-electron chi connectivity index (χ4n) is 1.43. The molecule has 0 fully saturated rings. The van der Waals surface area contributed by atoms with Gasteiger partial charge in [-0.25, -0.2) is 0 Å². The van der Waals surface area contributed by atoms with Crippen LogP contribution in [-0.2, 0) is 0 Å². The summed E-state index contributed by atoms with van der Waals surface area (Å²) in [6.07, 6.45) is 5.16. The molecule has 4 heteroatoms. The zero-order valence-corrected chi connectivity index (χ0v) is 10.2. The smallest absolute Gasteiger partial charge is 0.255 e. The van der Waals surface area contributed by atoms with E-state index in [1.165, 1.54) is 4.90 Å². The lowest BCUT2D eigenvalue weighted by atomic mass is 10.1. The second-order valence-electron chi connectivity index (χ2n) is 3.48. The van der Waals surface area contributed by atoms with Crippen LogP contribution in [-0.4, -0.2) is 23.9 Å². The topological polar surface area (TPSA) is 44.1 Å². The van der Waals surface area contributed by atoms with Gasteiger partial charge in [-0.15, -0.1) is 6.42 Å². The largest absolute Gasteiger partial charge is 0.314 e. The molecule has 0 aliphatic carbocycles. The van der Waals surface area contributed by atoms with Crippen LogP contribution < -0.4 is 0 Å². The molecule has 3 nitrogen and oxygen atoms in total. The SMILES string of the molecule is C#CCN(CC#N)C(=O)c1ccc(Cl)cc1C. The normalized spacial score (nSPS) is 9.18. The molecule has 86 valence electrons. The molecule has 0 aromatic heterocycles. The Labute approximate surface area is 106 Å². The van der Waals surface area contributed by atoms with Gasteiger partial charge >= 0.3 is 0 Å². The van der Waals surface area contributed by atoms with E-state index in [9.17, 15) is 4.79 Å². The van der Waals surface area contributed by atoms with Crippen LogP contribution in [0.5, 0.6) is 0 Å². The third-order valence-electron chi connectivity index (χ3n) is 2.25. The molecule has 1 aromatic rings. The number of nitrogens with zero attached hydrogens (tertiary/aromatic N) is 2. The number of carbonyl (C=O) groups excluding carboxylic acids is 1. The number of terminal acetylenes is 1. The molecule has 0 radical (unpaired) electrons. The van der Waals surface area contributed by atoms with E-state index >= 15 is 0 Å². The Morgan fingerprint density at radius 1 is 1.53 bits per heavy atom. The average molecular weight is 247 g/mol. The van der Waals surface area contributed by atoms with Crippen molar-refractivity contribution < 1.29 is 4.79 Å². The van der Waals surface area contributed by atoms with Gasteiger partial charge in [-0.3, -0.25) is 4.79 Å². The molecule has 0 bridgehead atoms. The zero-order chi connectivity index (χ0) is 12.8. The van der Waals surface area contributed by atoms with Gasteiger partial charge in [-0.05, 0) is 30.7 Å². The first-order valence-corrected chi connectivity index (χ1v) is 5.33. The highest BCUT2D eigenvalue weighted by Gasteiger charge is 2.16. The first-order chi connectivity index (χ1) is 8.10. The monoisotopic (exact) mass is 246 g/mol. The van der Waals surface area contributed by atoms with Gasteiger partial charge in [-0.2, -0.15) is 5.26 Å². The molecular weight excluding hydrogens is 236 g/mol. The summed E-state index contributed by atoms with van der Waals surface area (Å²) >= 11 is 5.81. The van der Waals surface area contributed by atoms with Gasteiger partial charge in [0.15, 0.2) is 0 Å². The Morgan fingerprint density at radius 2 is 2.24 bits per heavy atom. The minimum Gasteiger partial charge on any atom is -0.314 e. The molecule has 0 N–H and O–H groups in total. The van der Waals surface area contributed by atoms with Crippen LogP contribution in [0, 0.1) is 30.6 Å². The Hall–Kier alpha value is -1.97. The van der Waals surface area contributed by atoms with Gasteiger partial charge in [0, 0.05) is 10.6 Å². The predicted octanol–water partition coefficient (Wildman–Crippen LogP) is 2.25. The number of halogens is 1. The average Bonchev–Trinajstić information content (AvgIpc) is 2.28. The molecule has 0 heterocycles. The summed E-state index contributed by atoms with van der Waals surface area (Å²) in [6, 6.07) is 6.90. The first-order valence-electron chi connectivity index (χ1n) is 4.96. The minimum absolute atomic E-state index is 0.0227. The number of amides is 1. The molecule has 1 rings (SSSR count). The molecule has 0 saturated carbocycles. The highest BCUT2D eigenvalue weighted by Crippen LogP contribution is 2.16. The third kappa shape index (κ3) is 3.24. The number of carbonyl (C=O) groups is 1. The molecule has 17 heavy (non-hydrogen) atoms. The van der Waals surface area contributed by atoms with Crippen molar-refractivity contribution in [2.75, 3.05) is 13.1 Å². The van der Waals surface area contributed by atoms with Gasteiger partial charge in [0.2, 0.25) is 0 Å². The van der Waals surface area contributed by atoms with Crippen molar-refractivity contribution in [3.63, 3.8) is 0 Å². The quantitative estimate of drug-likeness (QED) is 0.607. The lowest BCUT2D eigenvalue weighted by Crippen LogP contribution is -2.32. The first kappa shape index (κ1) is 13.1. The Balaban J connectivity index is 3.02. The maximum absolute atomic E-state index is 12.1. The van der Waals surface area contributed by atoms with E-state index < -0.39 is 0 Å². The molecule has 0 aliphatic rings. The van der Waals surface area contributed by atoms with Crippen LogP contribution in [0.2, 0.25) is 5.02 Å². The number of benzene rings is 1. The van der Waals surface area contributed by atoms with Crippen molar-refractivity contribution in [3.8, 4) is 18.4 Å². The second kappa shape index (κ2) is 5.94. The molecule has 1 aromatic carbocycles. The number of rotatable bonds is 3. The highest BCUT2D eigenvalue weighted by atomic mass is 35.5. The van der Waals surface area contributed by atoms with Crippen molar-refractivity contribution in [3.05, 3.63) is 34.3 Å². The Kier molecular flexibility index (Phi) is 4.57. The van der Waals surface area contributed by atoms with E-state index in [1.54, 1.807) is 25.1 Å². The lowest BCUT2D eigenvalue weighted by molar-refractivity contribution is 0.0794. The zero-order valence-electron chi connectivity index (χ0n) is 9.40. The molecule has 0 atom stereocenters. The van der Waals surface area contributed by atoms with Crippen molar-refractivity contribution >= 4 is 17.5 Å². The van der Waals surface area contributed by atoms with Crippen LogP contribution >= 0.6 is 11.6 Å². The maximum atomic E-state index is 12.1. The standard InChI is InChI=1S/C13H11ClN2O/c1-3-7-16(8-6-15)13(17)12-5-4-11(14)9-10(12)2/h1,4-5,9H,7-8H2,2H3. The number of nitriles is 1. The van der Waals surface area contributed by atoms with E-state index in [-0.39, 0.29) is 19.0 Å². The Bertz CT molecular complexity index is 495. The fraction of sp³-hybridized carbons (Fsp3) is 0.231. The van der Waals surface area contributed by atoms with E-state index in [0.29, 0.717) is 10.6 Å². The van der Waals surface area contributed by atoms with E-state index in [4.69, 9.17) is 23.3 Å². The minimum atomic E-state index is -0.251. The third-order valence-corrected chi connectivity index (χ3v) is 2.48. The molecule has 0 spiro atoms. The molecule has 0 unspecified atom stereocenters. The maximum Gasteiger partial charge on any atom is 0.255 e. The van der Waals surface area contributed by atoms with Gasteiger partial charge < -0.3 is 4.90 Å². The second-order valence-corrected chi connectivity index (χ2v) is 3.92. The highest BCUT2D eigenvalue weighted by molar-refractivity contribution is 6.30. The van der Waals surface area contributed by atoms with Crippen molar-refractivity contribution in [1.82, 2.24) is 4.90 Å². The molecular formula is C13H11ClN2O. The van der Waals surface area contributed by atoms with Crippen LogP contribution in [0.25, 0.3) is 0 Å². The van der Waals surface area contributed by atoms with Gasteiger partial charge in [0.05, 0.1) is 12.6 Å². The van der Waals surface area contributed by atoms with Crippen LogP contribution in [0.15, 0.2) is 18.2 Å². The van der Waals surface area contributed by atoms with Crippen molar-refractivity contribution in [1.29, 1.82) is 5.26 Å². The predicted molar refractivity (Wildman–Crippen MR) is 66.5 cm³/mol. The fourth-order valence-corrected chi connectivity index (χ4v) is 1.66. The van der Waals surface area contributed by atoms with E-state index in [2.05, 4.69) is 5.92 Å². The molecule has 0 saturated heterocycles. The van der Waals surface area contributed by atoms with Gasteiger partial charge in [0.1, 0.15) is 6.54 Å². The van der Waals surface area contributed by atoms with Crippen molar-refractivity contribution in [2.24, 2.45) is 0 Å². The number of hydrogen-bond donors (Lipinski definition) is 0. The summed E-state index contributed by atoms with van der Waals surface area (Å²) in [5.74, 6) is 2.11. The van der Waals surface area contributed by atoms with Crippen LogP contribution in [0.3, 0.4) is 0 Å². The van der Waals surface area contributed by atoms with E-state index in [1.807, 2.05) is 6.07 Å². The Morgan fingerprint density at radius 3 is 2.76 bits per heavy atom. The molecule has 0 aliphatic heterocycles. The van der Waals surface area contributed by atoms with Crippen molar-refractivity contribution in [2.45, 2.75) is 6.92 Å². The summed E-state index contributed by atoms with van der Waals surface area (Å²) in [5, 5.41) is 9.21. The summed E-state index contributed by atoms with van der Waals surface area (Å²) in [5.41, 5.74) is 1.28.